The van der Waals surface area contributed by atoms with Crippen LogP contribution in [0.25, 0.3) is 0 Å². The second-order valence-corrected chi connectivity index (χ2v) is 6.11. The molecule has 0 spiro atoms. The summed E-state index contributed by atoms with van der Waals surface area (Å²) in [7, 11) is 0. The third kappa shape index (κ3) is 12.4. The molecule has 0 unspecified atom stereocenters. The number of hydrogen-bond acceptors (Lipinski definition) is 4. The molecular formula is C7H8Cl3NO2S2. The largest absolute Gasteiger partial charge is 0.443 e. The molecule has 0 aliphatic heterocycles. The van der Waals surface area contributed by atoms with Crippen molar-refractivity contribution >= 4 is 76.5 Å². The fraction of sp³-hybridized carbons (Fsp3) is 0.571. The molecule has 15 heavy (non-hydrogen) atoms. The van der Waals surface area contributed by atoms with Gasteiger partial charge in [0.15, 0.2) is 0 Å². The summed E-state index contributed by atoms with van der Waals surface area (Å²) in [6.45, 7) is -0.319. The molecule has 0 rings (SSSR count). The summed E-state index contributed by atoms with van der Waals surface area (Å²) in [6.07, 6.45) is 0.647. The minimum Gasteiger partial charge on any atom is -0.443 e. The van der Waals surface area contributed by atoms with Gasteiger partial charge < -0.3 is 4.74 Å². The van der Waals surface area contributed by atoms with Gasteiger partial charge in [-0.05, 0) is 5.37 Å². The van der Waals surface area contributed by atoms with E-state index in [2.05, 4.69) is 21.9 Å². The maximum absolute atomic E-state index is 10.9. The third-order valence-electron chi connectivity index (χ3n) is 0.934. The van der Waals surface area contributed by atoms with Crippen molar-refractivity contribution in [3.05, 3.63) is 0 Å². The summed E-state index contributed by atoms with van der Waals surface area (Å²) in [5.74, 6) is 1.31. The Bertz CT molecular complexity index is 243. The van der Waals surface area contributed by atoms with Crippen molar-refractivity contribution in [1.29, 1.82) is 0 Å². The van der Waals surface area contributed by atoms with Gasteiger partial charge in [0.1, 0.15) is 6.61 Å². The standard InChI is InChI=1S/C7H8Cl3NO2S2/c8-7(9,10)5-13-6(12)11-1-3-15-4-2-14/h1-2H,3-5H2. The first-order chi connectivity index (χ1) is 6.95. The van der Waals surface area contributed by atoms with Gasteiger partial charge in [-0.1, -0.05) is 47.0 Å². The summed E-state index contributed by atoms with van der Waals surface area (Å²) in [4.78, 5) is 14.4. The first kappa shape index (κ1) is 15.4. The summed E-state index contributed by atoms with van der Waals surface area (Å²) in [5, 5.41) is 1.60. The fourth-order valence-electron chi connectivity index (χ4n) is 0.461. The molecule has 1 amide bonds. The maximum atomic E-state index is 10.9. The highest BCUT2D eigenvalue weighted by atomic mass is 35.6. The smallest absolute Gasteiger partial charge is 0.433 e. The molecule has 0 fully saturated rings. The van der Waals surface area contributed by atoms with Gasteiger partial charge in [0.25, 0.3) is 0 Å². The zero-order valence-electron chi connectivity index (χ0n) is 7.49. The van der Waals surface area contributed by atoms with E-state index < -0.39 is 9.89 Å². The van der Waals surface area contributed by atoms with Crippen LogP contribution in [0.3, 0.4) is 0 Å². The van der Waals surface area contributed by atoms with Crippen molar-refractivity contribution in [2.24, 2.45) is 4.99 Å². The number of halogens is 3. The first-order valence-corrected chi connectivity index (χ1v) is 6.49. The number of rotatable bonds is 5. The van der Waals surface area contributed by atoms with Crippen LogP contribution in [0, 0.1) is 0 Å². The Morgan fingerprint density at radius 2 is 2.13 bits per heavy atom. The molecule has 0 aromatic rings. The van der Waals surface area contributed by atoms with Gasteiger partial charge in [-0.15, -0.1) is 0 Å². The molecule has 0 bridgehead atoms. The van der Waals surface area contributed by atoms with E-state index in [0.717, 1.165) is 5.75 Å². The highest BCUT2D eigenvalue weighted by molar-refractivity contribution is 8.01. The zero-order valence-corrected chi connectivity index (χ0v) is 11.4. The van der Waals surface area contributed by atoms with Crippen LogP contribution in [0.5, 0.6) is 0 Å². The molecule has 0 saturated carbocycles. The quantitative estimate of drug-likeness (QED) is 0.338. The predicted octanol–water partition coefficient (Wildman–Crippen LogP) is 3.30. The monoisotopic (exact) mass is 307 g/mol. The van der Waals surface area contributed by atoms with Crippen molar-refractivity contribution in [2.75, 3.05) is 18.1 Å². The third-order valence-corrected chi connectivity index (χ3v) is 2.43. The molecule has 0 aromatic carbocycles. The predicted molar refractivity (Wildman–Crippen MR) is 71.1 cm³/mol. The van der Waals surface area contributed by atoms with Gasteiger partial charge in [-0.3, -0.25) is 0 Å². The maximum Gasteiger partial charge on any atom is 0.433 e. The normalized spacial score (nSPS) is 11.7. The van der Waals surface area contributed by atoms with Gasteiger partial charge >= 0.3 is 6.09 Å². The average Bonchev–Trinajstić information content (AvgIpc) is 2.13. The Hall–Kier alpha value is 0.450. The molecule has 0 N–H and O–H groups in total. The van der Waals surface area contributed by atoms with E-state index in [1.165, 1.54) is 18.0 Å². The number of hydrogen-bond donors (Lipinski definition) is 0. The van der Waals surface area contributed by atoms with Gasteiger partial charge in [0.05, 0.1) is 0 Å². The second-order valence-electron chi connectivity index (χ2n) is 2.19. The molecule has 0 aliphatic rings. The molecular weight excluding hydrogens is 301 g/mol. The van der Waals surface area contributed by atoms with Crippen molar-refractivity contribution in [3.8, 4) is 0 Å². The number of thiocarbonyl (C=S) groups is 1. The number of amides is 1. The van der Waals surface area contributed by atoms with Crippen molar-refractivity contribution in [2.45, 2.75) is 3.79 Å². The van der Waals surface area contributed by atoms with E-state index in [1.807, 2.05) is 0 Å². The molecule has 86 valence electrons. The molecule has 0 aliphatic carbocycles. The van der Waals surface area contributed by atoms with Crippen LogP contribution in [-0.2, 0) is 4.74 Å². The van der Waals surface area contributed by atoms with Crippen molar-refractivity contribution < 1.29 is 9.53 Å². The molecule has 0 aromatic heterocycles. The van der Waals surface area contributed by atoms with Gasteiger partial charge in [0.2, 0.25) is 3.79 Å². The van der Waals surface area contributed by atoms with Gasteiger partial charge in [0, 0.05) is 17.7 Å². The van der Waals surface area contributed by atoms with E-state index in [1.54, 1.807) is 5.37 Å². The number of aliphatic imine (C=N–C) groups is 1. The lowest BCUT2D eigenvalue weighted by Gasteiger charge is -2.08. The molecule has 0 saturated heterocycles. The molecule has 0 heterocycles. The molecule has 0 atom stereocenters. The van der Waals surface area contributed by atoms with Crippen LogP contribution >= 0.6 is 58.8 Å². The minimum atomic E-state index is -1.60. The number of ether oxygens (including phenoxy) is 1. The fourth-order valence-corrected chi connectivity index (χ4v) is 1.33. The summed E-state index contributed by atoms with van der Waals surface area (Å²) in [6, 6.07) is 0. The molecule has 8 heteroatoms. The van der Waals surface area contributed by atoms with E-state index in [4.69, 9.17) is 34.8 Å². The number of carbonyl (C=O) groups is 1. The summed E-state index contributed by atoms with van der Waals surface area (Å²) in [5.41, 5.74) is 0. The van der Waals surface area contributed by atoms with E-state index >= 15 is 0 Å². The number of thioether (sulfide) groups is 1. The minimum absolute atomic E-state index is 0.319. The van der Waals surface area contributed by atoms with Gasteiger partial charge in [-0.2, -0.15) is 16.8 Å². The van der Waals surface area contributed by atoms with Crippen LogP contribution < -0.4 is 0 Å². The van der Waals surface area contributed by atoms with Crippen molar-refractivity contribution in [3.63, 3.8) is 0 Å². The Kier molecular flexibility index (Phi) is 8.84. The Morgan fingerprint density at radius 1 is 1.47 bits per heavy atom. The number of carbonyl (C=O) groups excluding carboxylic acids is 1. The molecule has 3 nitrogen and oxygen atoms in total. The highest BCUT2D eigenvalue weighted by Crippen LogP contribution is 2.25. The Balaban J connectivity index is 3.60. The highest BCUT2D eigenvalue weighted by Gasteiger charge is 2.21. The average molecular weight is 309 g/mol. The Labute approximate surface area is 112 Å². The van der Waals surface area contributed by atoms with Crippen molar-refractivity contribution in [1.82, 2.24) is 0 Å². The second kappa shape index (κ2) is 8.58. The van der Waals surface area contributed by atoms with Crippen LogP contribution in [0.4, 0.5) is 4.79 Å². The van der Waals surface area contributed by atoms with E-state index in [0.29, 0.717) is 5.75 Å². The number of alkyl halides is 3. The lowest BCUT2D eigenvalue weighted by molar-refractivity contribution is 0.160. The van der Waals surface area contributed by atoms with Crippen LogP contribution in [-0.4, -0.2) is 39.6 Å². The van der Waals surface area contributed by atoms with E-state index in [9.17, 15) is 4.79 Å². The SMILES string of the molecule is O=C(N=CCSCC=S)OCC(Cl)(Cl)Cl. The van der Waals surface area contributed by atoms with Crippen LogP contribution in [0.1, 0.15) is 0 Å². The van der Waals surface area contributed by atoms with Crippen LogP contribution in [0.2, 0.25) is 0 Å². The molecule has 0 radical (unpaired) electrons. The lowest BCUT2D eigenvalue weighted by atomic mass is 10.8. The van der Waals surface area contributed by atoms with Gasteiger partial charge in [-0.25, -0.2) is 4.79 Å². The van der Waals surface area contributed by atoms with E-state index in [-0.39, 0.29) is 6.61 Å². The number of nitrogens with zero attached hydrogens (tertiary/aromatic N) is 1. The summed E-state index contributed by atoms with van der Waals surface area (Å²) >= 11 is 22.2. The Morgan fingerprint density at radius 3 is 2.67 bits per heavy atom. The first-order valence-electron chi connectivity index (χ1n) is 3.73. The van der Waals surface area contributed by atoms with Crippen LogP contribution in [0.15, 0.2) is 4.99 Å². The lowest BCUT2D eigenvalue weighted by Crippen LogP contribution is -2.15. The topological polar surface area (TPSA) is 38.7 Å². The zero-order chi connectivity index (χ0) is 11.7. The summed E-state index contributed by atoms with van der Waals surface area (Å²) < 4.78 is 2.94.